The molecule has 0 radical (unpaired) electrons. The Hall–Kier alpha value is -2.11. The first-order valence-electron chi connectivity index (χ1n) is 5.31. The van der Waals surface area contributed by atoms with Crippen LogP contribution in [0, 0.1) is 5.82 Å². The van der Waals surface area contributed by atoms with Crippen LogP contribution in [-0.4, -0.2) is 24.6 Å². The van der Waals surface area contributed by atoms with Crippen LogP contribution in [0.25, 0.3) is 0 Å². The molecule has 1 aromatic rings. The Morgan fingerprint density at radius 2 is 2.06 bits per heavy atom. The maximum Gasteiger partial charge on any atom is 0.344 e. The van der Waals surface area contributed by atoms with E-state index in [2.05, 4.69) is 0 Å². The van der Waals surface area contributed by atoms with Gasteiger partial charge < -0.3 is 15.2 Å². The van der Waals surface area contributed by atoms with E-state index in [9.17, 15) is 14.0 Å². The fourth-order valence-corrected chi connectivity index (χ4v) is 1.22. The fraction of sp³-hybridized carbons (Fsp3) is 0.333. The SMILES string of the molecule is CC(C)OC(=O)COC(=O)c1ccc(F)cc1N. The van der Waals surface area contributed by atoms with E-state index in [-0.39, 0.29) is 17.4 Å². The summed E-state index contributed by atoms with van der Waals surface area (Å²) >= 11 is 0. The molecule has 0 heterocycles. The molecule has 0 aliphatic heterocycles. The molecule has 0 atom stereocenters. The van der Waals surface area contributed by atoms with Crippen LogP contribution in [0.1, 0.15) is 24.2 Å². The Kier molecular flexibility index (Phi) is 4.65. The van der Waals surface area contributed by atoms with Crippen LogP contribution in [-0.2, 0) is 14.3 Å². The molecule has 0 aliphatic rings. The zero-order chi connectivity index (χ0) is 13.7. The zero-order valence-corrected chi connectivity index (χ0v) is 10.1. The molecule has 0 unspecified atom stereocenters. The van der Waals surface area contributed by atoms with E-state index in [1.54, 1.807) is 13.8 Å². The minimum atomic E-state index is -0.798. The minimum Gasteiger partial charge on any atom is -0.460 e. The lowest BCUT2D eigenvalue weighted by atomic mass is 10.2. The van der Waals surface area contributed by atoms with Crippen molar-refractivity contribution >= 4 is 17.6 Å². The normalized spacial score (nSPS) is 10.2. The van der Waals surface area contributed by atoms with Crippen molar-refractivity contribution in [2.24, 2.45) is 0 Å². The van der Waals surface area contributed by atoms with Crippen LogP contribution in [0.15, 0.2) is 18.2 Å². The summed E-state index contributed by atoms with van der Waals surface area (Å²) in [5, 5.41) is 0. The highest BCUT2D eigenvalue weighted by molar-refractivity contribution is 5.95. The third-order valence-corrected chi connectivity index (χ3v) is 1.92. The Morgan fingerprint density at radius 3 is 2.61 bits per heavy atom. The molecule has 0 aliphatic carbocycles. The highest BCUT2D eigenvalue weighted by Crippen LogP contribution is 2.14. The number of nitrogens with two attached hydrogens (primary N) is 1. The molecule has 0 fully saturated rings. The van der Waals surface area contributed by atoms with Gasteiger partial charge in [0.15, 0.2) is 6.61 Å². The lowest BCUT2D eigenvalue weighted by Gasteiger charge is -2.09. The molecule has 6 heteroatoms. The summed E-state index contributed by atoms with van der Waals surface area (Å²) in [6.45, 7) is 2.85. The van der Waals surface area contributed by atoms with Gasteiger partial charge in [0.1, 0.15) is 5.82 Å². The summed E-state index contributed by atoms with van der Waals surface area (Å²) in [7, 11) is 0. The molecule has 0 saturated heterocycles. The first kappa shape index (κ1) is 14.0. The van der Waals surface area contributed by atoms with Crippen LogP contribution in [0.5, 0.6) is 0 Å². The molecule has 2 N–H and O–H groups in total. The number of anilines is 1. The van der Waals surface area contributed by atoms with Gasteiger partial charge in [-0.3, -0.25) is 0 Å². The van der Waals surface area contributed by atoms with Crippen molar-refractivity contribution in [3.8, 4) is 0 Å². The number of hydrogen-bond donors (Lipinski definition) is 1. The van der Waals surface area contributed by atoms with Crippen LogP contribution in [0.2, 0.25) is 0 Å². The quantitative estimate of drug-likeness (QED) is 0.651. The molecule has 5 nitrogen and oxygen atoms in total. The molecule has 98 valence electrons. The first-order chi connectivity index (χ1) is 8.40. The van der Waals surface area contributed by atoms with Crippen LogP contribution < -0.4 is 5.73 Å². The molecule has 0 amide bonds. The van der Waals surface area contributed by atoms with Crippen molar-refractivity contribution in [2.45, 2.75) is 20.0 Å². The Balaban J connectivity index is 2.58. The van der Waals surface area contributed by atoms with Crippen molar-refractivity contribution in [1.29, 1.82) is 0 Å². The van der Waals surface area contributed by atoms with E-state index < -0.39 is 24.4 Å². The predicted octanol–water partition coefficient (Wildman–Crippen LogP) is 1.52. The van der Waals surface area contributed by atoms with Gasteiger partial charge in [0.2, 0.25) is 0 Å². The summed E-state index contributed by atoms with van der Waals surface area (Å²) < 4.78 is 22.2. The summed E-state index contributed by atoms with van der Waals surface area (Å²) in [5.74, 6) is -2.00. The summed E-state index contributed by atoms with van der Waals surface area (Å²) in [6, 6.07) is 3.28. The average Bonchev–Trinajstić information content (AvgIpc) is 2.25. The Morgan fingerprint density at radius 1 is 1.39 bits per heavy atom. The van der Waals surface area contributed by atoms with Gasteiger partial charge in [0.05, 0.1) is 11.7 Å². The lowest BCUT2D eigenvalue weighted by molar-refractivity contribution is -0.150. The van der Waals surface area contributed by atoms with Gasteiger partial charge in [-0.2, -0.15) is 0 Å². The van der Waals surface area contributed by atoms with Crippen LogP contribution >= 0.6 is 0 Å². The number of carbonyl (C=O) groups excluding carboxylic acids is 2. The monoisotopic (exact) mass is 255 g/mol. The van der Waals surface area contributed by atoms with Crippen molar-refractivity contribution in [3.05, 3.63) is 29.6 Å². The van der Waals surface area contributed by atoms with Gasteiger partial charge in [-0.1, -0.05) is 0 Å². The van der Waals surface area contributed by atoms with Crippen LogP contribution in [0.4, 0.5) is 10.1 Å². The number of halogens is 1. The second-order valence-corrected chi connectivity index (χ2v) is 3.85. The lowest BCUT2D eigenvalue weighted by Crippen LogP contribution is -2.20. The first-order valence-corrected chi connectivity index (χ1v) is 5.31. The average molecular weight is 255 g/mol. The van der Waals surface area contributed by atoms with Gasteiger partial charge in [-0.05, 0) is 32.0 Å². The molecular formula is C12H14FNO4. The molecule has 0 spiro atoms. The number of hydrogen-bond acceptors (Lipinski definition) is 5. The number of esters is 2. The molecule has 0 saturated carbocycles. The van der Waals surface area contributed by atoms with Crippen molar-refractivity contribution in [3.63, 3.8) is 0 Å². The highest BCUT2D eigenvalue weighted by Gasteiger charge is 2.14. The molecule has 1 rings (SSSR count). The molecular weight excluding hydrogens is 241 g/mol. The number of nitrogen functional groups attached to an aromatic ring is 1. The van der Waals surface area contributed by atoms with E-state index in [1.165, 1.54) is 6.07 Å². The van der Waals surface area contributed by atoms with Crippen molar-refractivity contribution < 1.29 is 23.5 Å². The van der Waals surface area contributed by atoms with Gasteiger partial charge in [0.25, 0.3) is 0 Å². The second kappa shape index (κ2) is 6.00. The zero-order valence-electron chi connectivity index (χ0n) is 10.1. The van der Waals surface area contributed by atoms with Crippen LogP contribution in [0.3, 0.4) is 0 Å². The number of rotatable bonds is 4. The Bertz CT molecular complexity index is 459. The van der Waals surface area contributed by atoms with Gasteiger partial charge in [-0.25, -0.2) is 14.0 Å². The van der Waals surface area contributed by atoms with E-state index in [0.717, 1.165) is 12.1 Å². The molecule has 1 aromatic carbocycles. The maximum absolute atomic E-state index is 12.8. The fourth-order valence-electron chi connectivity index (χ4n) is 1.22. The molecule has 0 aromatic heterocycles. The van der Waals surface area contributed by atoms with E-state index in [0.29, 0.717) is 0 Å². The molecule has 0 bridgehead atoms. The van der Waals surface area contributed by atoms with E-state index >= 15 is 0 Å². The van der Waals surface area contributed by atoms with E-state index in [4.69, 9.17) is 15.2 Å². The molecule has 18 heavy (non-hydrogen) atoms. The number of ether oxygens (including phenoxy) is 2. The third kappa shape index (κ3) is 4.04. The third-order valence-electron chi connectivity index (χ3n) is 1.92. The van der Waals surface area contributed by atoms with Gasteiger partial charge in [-0.15, -0.1) is 0 Å². The smallest absolute Gasteiger partial charge is 0.344 e. The number of carbonyl (C=O) groups is 2. The number of benzene rings is 1. The largest absolute Gasteiger partial charge is 0.460 e. The van der Waals surface area contributed by atoms with Gasteiger partial charge in [0, 0.05) is 5.69 Å². The predicted molar refractivity (Wildman–Crippen MR) is 62.3 cm³/mol. The van der Waals surface area contributed by atoms with E-state index in [1.807, 2.05) is 0 Å². The standard InChI is InChI=1S/C12H14FNO4/c1-7(2)18-11(15)6-17-12(16)9-4-3-8(13)5-10(9)14/h3-5,7H,6,14H2,1-2H3. The topological polar surface area (TPSA) is 78.6 Å². The van der Waals surface area contributed by atoms with Crippen molar-refractivity contribution in [2.75, 3.05) is 12.3 Å². The second-order valence-electron chi connectivity index (χ2n) is 3.85. The highest BCUT2D eigenvalue weighted by atomic mass is 19.1. The Labute approximate surface area is 104 Å². The summed E-state index contributed by atoms with van der Waals surface area (Å²) in [6.07, 6.45) is -0.285. The maximum atomic E-state index is 12.8. The summed E-state index contributed by atoms with van der Waals surface area (Å²) in [4.78, 5) is 22.7. The van der Waals surface area contributed by atoms with Crippen molar-refractivity contribution in [1.82, 2.24) is 0 Å². The minimum absolute atomic E-state index is 0.00810. The van der Waals surface area contributed by atoms with Gasteiger partial charge >= 0.3 is 11.9 Å². The summed E-state index contributed by atoms with van der Waals surface area (Å²) in [5.41, 5.74) is 5.42.